The second-order valence-corrected chi connectivity index (χ2v) is 7.78. The van der Waals surface area contributed by atoms with Crippen LogP contribution in [0.4, 0.5) is 0 Å². The smallest absolute Gasteiger partial charge is 0.305 e. The number of nitrogens with one attached hydrogen (secondary N) is 1. The van der Waals surface area contributed by atoms with E-state index in [1.807, 2.05) is 0 Å². The molecule has 9 heteroatoms. The molecular formula is C15H12Cl3NO4S. The van der Waals surface area contributed by atoms with Crippen LogP contribution in [0.5, 0.6) is 0 Å². The normalized spacial score (nSPS) is 12.8. The minimum atomic E-state index is -4.13. The molecule has 0 heterocycles. The first-order chi connectivity index (χ1) is 11.2. The third kappa shape index (κ3) is 4.62. The van der Waals surface area contributed by atoms with Gasteiger partial charge in [0.2, 0.25) is 10.0 Å². The molecule has 0 unspecified atom stereocenters. The Labute approximate surface area is 154 Å². The highest BCUT2D eigenvalue weighted by Gasteiger charge is 2.27. The zero-order valence-corrected chi connectivity index (χ0v) is 15.1. The van der Waals surface area contributed by atoms with Crippen LogP contribution in [0.2, 0.25) is 15.1 Å². The van der Waals surface area contributed by atoms with E-state index < -0.39 is 28.5 Å². The number of halogens is 3. The number of rotatable bonds is 6. The molecule has 128 valence electrons. The Morgan fingerprint density at radius 3 is 2.08 bits per heavy atom. The van der Waals surface area contributed by atoms with Crippen molar-refractivity contribution >= 4 is 50.8 Å². The van der Waals surface area contributed by atoms with Gasteiger partial charge in [0.1, 0.15) is 4.90 Å². The summed E-state index contributed by atoms with van der Waals surface area (Å²) in [5.74, 6) is -1.16. The topological polar surface area (TPSA) is 83.5 Å². The second-order valence-electron chi connectivity index (χ2n) is 4.87. The monoisotopic (exact) mass is 407 g/mol. The maximum absolute atomic E-state index is 12.6. The molecule has 1 atom stereocenters. The van der Waals surface area contributed by atoms with Gasteiger partial charge in [-0.25, -0.2) is 13.1 Å². The average molecular weight is 409 g/mol. The van der Waals surface area contributed by atoms with Gasteiger partial charge in [-0.15, -0.1) is 0 Å². The van der Waals surface area contributed by atoms with Crippen LogP contribution in [0.3, 0.4) is 0 Å². The first kappa shape index (κ1) is 19.0. The van der Waals surface area contributed by atoms with E-state index in [1.165, 1.54) is 18.2 Å². The molecule has 2 aromatic carbocycles. The number of aliphatic carboxylic acids is 1. The molecule has 0 saturated carbocycles. The highest BCUT2D eigenvalue weighted by molar-refractivity contribution is 7.89. The fourth-order valence-electron chi connectivity index (χ4n) is 2.08. The lowest BCUT2D eigenvalue weighted by Gasteiger charge is -2.18. The van der Waals surface area contributed by atoms with E-state index in [0.29, 0.717) is 10.6 Å². The van der Waals surface area contributed by atoms with E-state index in [9.17, 15) is 13.2 Å². The molecule has 0 fully saturated rings. The summed E-state index contributed by atoms with van der Waals surface area (Å²) >= 11 is 17.7. The Bertz CT molecular complexity index is 833. The minimum absolute atomic E-state index is 0.0554. The van der Waals surface area contributed by atoms with E-state index in [4.69, 9.17) is 39.9 Å². The Kier molecular flexibility index (Phi) is 6.11. The van der Waals surface area contributed by atoms with Crippen molar-refractivity contribution in [2.45, 2.75) is 17.4 Å². The molecule has 24 heavy (non-hydrogen) atoms. The van der Waals surface area contributed by atoms with Crippen molar-refractivity contribution in [1.82, 2.24) is 4.72 Å². The Morgan fingerprint density at radius 2 is 1.58 bits per heavy atom. The molecule has 2 rings (SSSR count). The zero-order chi connectivity index (χ0) is 17.9. The van der Waals surface area contributed by atoms with E-state index in [0.717, 1.165) is 0 Å². The molecule has 0 saturated heterocycles. The van der Waals surface area contributed by atoms with Gasteiger partial charge in [0.25, 0.3) is 0 Å². The molecule has 0 aliphatic heterocycles. The van der Waals surface area contributed by atoms with E-state index in [2.05, 4.69) is 4.72 Å². The summed E-state index contributed by atoms with van der Waals surface area (Å²) in [7, 11) is -4.13. The van der Waals surface area contributed by atoms with Crippen LogP contribution in [0.1, 0.15) is 18.0 Å². The van der Waals surface area contributed by atoms with Crippen molar-refractivity contribution < 1.29 is 18.3 Å². The van der Waals surface area contributed by atoms with Crippen LogP contribution < -0.4 is 4.72 Å². The number of hydrogen-bond donors (Lipinski definition) is 2. The highest BCUT2D eigenvalue weighted by Crippen LogP contribution is 2.31. The van der Waals surface area contributed by atoms with Crippen molar-refractivity contribution in [3.05, 3.63) is 63.1 Å². The van der Waals surface area contributed by atoms with E-state index >= 15 is 0 Å². The number of carboxylic acids is 1. The van der Waals surface area contributed by atoms with Crippen LogP contribution in [0, 0.1) is 0 Å². The summed E-state index contributed by atoms with van der Waals surface area (Å²) in [4.78, 5) is 10.8. The lowest BCUT2D eigenvalue weighted by molar-refractivity contribution is -0.137. The maximum atomic E-state index is 12.6. The summed E-state index contributed by atoms with van der Waals surface area (Å²) in [5, 5.41) is 9.40. The largest absolute Gasteiger partial charge is 0.481 e. The van der Waals surface area contributed by atoms with Crippen molar-refractivity contribution in [2.24, 2.45) is 0 Å². The first-order valence-electron chi connectivity index (χ1n) is 6.64. The molecule has 0 amide bonds. The van der Waals surface area contributed by atoms with Crippen molar-refractivity contribution in [3.63, 3.8) is 0 Å². The highest BCUT2D eigenvalue weighted by atomic mass is 35.5. The molecular weight excluding hydrogens is 397 g/mol. The van der Waals surface area contributed by atoms with Gasteiger partial charge >= 0.3 is 5.97 Å². The Morgan fingerprint density at radius 1 is 1.04 bits per heavy atom. The van der Waals surface area contributed by atoms with Crippen LogP contribution in [0.15, 0.2) is 47.4 Å². The third-order valence-electron chi connectivity index (χ3n) is 3.14. The van der Waals surface area contributed by atoms with Gasteiger partial charge in [-0.05, 0) is 29.8 Å². The minimum Gasteiger partial charge on any atom is -0.481 e. The van der Waals surface area contributed by atoms with Crippen LogP contribution in [-0.2, 0) is 14.8 Å². The number of carboxylic acid groups (broad SMARTS) is 1. The molecule has 0 aromatic heterocycles. The van der Waals surface area contributed by atoms with Crippen LogP contribution in [0.25, 0.3) is 0 Å². The number of benzene rings is 2. The predicted octanol–water partition coefficient (Wildman–Crippen LogP) is 4.14. The van der Waals surface area contributed by atoms with Crippen LogP contribution in [-0.4, -0.2) is 19.5 Å². The van der Waals surface area contributed by atoms with Gasteiger partial charge in [-0.1, -0.05) is 53.0 Å². The quantitative estimate of drug-likeness (QED) is 0.752. The van der Waals surface area contributed by atoms with Gasteiger partial charge < -0.3 is 5.11 Å². The van der Waals surface area contributed by atoms with Gasteiger partial charge in [-0.2, -0.15) is 0 Å². The third-order valence-corrected chi connectivity index (χ3v) is 5.81. The summed E-state index contributed by atoms with van der Waals surface area (Å²) in [6.07, 6.45) is -0.455. The first-order valence-corrected chi connectivity index (χ1v) is 9.26. The summed E-state index contributed by atoms with van der Waals surface area (Å²) in [5.41, 5.74) is 0.452. The average Bonchev–Trinajstić information content (AvgIpc) is 2.46. The predicted molar refractivity (Wildman–Crippen MR) is 93.2 cm³/mol. The summed E-state index contributed by atoms with van der Waals surface area (Å²) < 4.78 is 27.6. The van der Waals surface area contributed by atoms with Gasteiger partial charge in [0.05, 0.1) is 22.5 Å². The Hall–Kier alpha value is -1.31. The fraction of sp³-hybridized carbons (Fsp3) is 0.133. The number of carbonyl (C=O) groups is 1. The van der Waals surface area contributed by atoms with Crippen molar-refractivity contribution in [2.75, 3.05) is 0 Å². The standard InChI is InChI=1S/C15H12Cl3NO4S/c16-10-6-4-9(5-7-10)13(8-14(20)21)19-24(22,23)15-11(17)2-1-3-12(15)18/h1-7,13,19H,8H2,(H,20,21)/t13-/m1/s1. The SMILES string of the molecule is O=C(O)C[C@@H](NS(=O)(=O)c1c(Cl)cccc1Cl)c1ccc(Cl)cc1. The summed E-state index contributed by atoms with van der Waals surface area (Å²) in [6, 6.07) is 9.46. The van der Waals surface area contributed by atoms with Gasteiger partial charge in [0.15, 0.2) is 0 Å². The Balaban J connectivity index is 2.41. The molecule has 5 nitrogen and oxygen atoms in total. The van der Waals surface area contributed by atoms with Crippen LogP contribution >= 0.6 is 34.8 Å². The molecule has 0 aliphatic carbocycles. The molecule has 0 radical (unpaired) electrons. The number of sulfonamides is 1. The fourth-order valence-corrected chi connectivity index (χ4v) is 4.58. The van der Waals surface area contributed by atoms with Gasteiger partial charge in [0, 0.05) is 5.02 Å². The molecule has 0 bridgehead atoms. The molecule has 2 aromatic rings. The molecule has 0 aliphatic rings. The lowest BCUT2D eigenvalue weighted by Crippen LogP contribution is -2.30. The zero-order valence-electron chi connectivity index (χ0n) is 12.0. The lowest BCUT2D eigenvalue weighted by atomic mass is 10.1. The van der Waals surface area contributed by atoms with E-state index in [-0.39, 0.29) is 14.9 Å². The molecule has 2 N–H and O–H groups in total. The van der Waals surface area contributed by atoms with Gasteiger partial charge in [-0.3, -0.25) is 4.79 Å². The van der Waals surface area contributed by atoms with Crippen molar-refractivity contribution in [1.29, 1.82) is 0 Å². The molecule has 0 spiro atoms. The second kappa shape index (κ2) is 7.72. The van der Waals surface area contributed by atoms with Crippen molar-refractivity contribution in [3.8, 4) is 0 Å². The maximum Gasteiger partial charge on any atom is 0.305 e. The number of hydrogen-bond acceptors (Lipinski definition) is 3. The summed E-state index contributed by atoms with van der Waals surface area (Å²) in [6.45, 7) is 0. The van der Waals surface area contributed by atoms with E-state index in [1.54, 1.807) is 24.3 Å².